The lowest BCUT2D eigenvalue weighted by Gasteiger charge is -2.10. The molecule has 0 aliphatic heterocycles. The number of pyridine rings is 1. The molecule has 0 unspecified atom stereocenters. The molecule has 0 spiro atoms. The summed E-state index contributed by atoms with van der Waals surface area (Å²) in [4.78, 5) is 15.7. The average Bonchev–Trinajstić information content (AvgIpc) is 2.87. The van der Waals surface area contributed by atoms with Gasteiger partial charge in [0.05, 0.1) is 16.8 Å². The van der Waals surface area contributed by atoms with Crippen LogP contribution in [0.15, 0.2) is 30.3 Å². The van der Waals surface area contributed by atoms with Crippen molar-refractivity contribution < 1.29 is 18.0 Å². The molecule has 1 aromatic carbocycles. The van der Waals surface area contributed by atoms with Gasteiger partial charge in [-0.2, -0.15) is 18.3 Å². The molecular formula is C16H13F3N4O. The number of halogens is 3. The number of anilines is 1. The molecule has 1 amide bonds. The van der Waals surface area contributed by atoms with E-state index in [-0.39, 0.29) is 11.3 Å². The van der Waals surface area contributed by atoms with Crippen molar-refractivity contribution in [3.8, 4) is 0 Å². The standard InChI is InChI=1S/C16H13F3N4O/c1-8-12(5-6-14(20-8)16(17,18)19)15(24)21-10-3-4-11-9(2)22-23-13(11)7-10/h3-7H,1-2H3,(H,21,24)(H,22,23). The molecule has 24 heavy (non-hydrogen) atoms. The summed E-state index contributed by atoms with van der Waals surface area (Å²) in [6.07, 6.45) is -4.54. The first-order valence-electron chi connectivity index (χ1n) is 7.06. The van der Waals surface area contributed by atoms with Gasteiger partial charge in [0, 0.05) is 16.8 Å². The fourth-order valence-corrected chi connectivity index (χ4v) is 2.38. The number of nitrogens with zero attached hydrogens (tertiary/aromatic N) is 2. The van der Waals surface area contributed by atoms with Crippen LogP contribution in [0.25, 0.3) is 10.9 Å². The molecule has 5 nitrogen and oxygen atoms in total. The van der Waals surface area contributed by atoms with Crippen molar-refractivity contribution in [2.75, 3.05) is 5.32 Å². The van der Waals surface area contributed by atoms with Crippen molar-refractivity contribution in [1.29, 1.82) is 0 Å². The molecule has 3 rings (SSSR count). The Morgan fingerprint density at radius 1 is 1.17 bits per heavy atom. The number of nitrogens with one attached hydrogen (secondary N) is 2. The molecule has 2 heterocycles. The van der Waals surface area contributed by atoms with Crippen molar-refractivity contribution in [1.82, 2.24) is 15.2 Å². The monoisotopic (exact) mass is 334 g/mol. The van der Waals surface area contributed by atoms with Gasteiger partial charge in [-0.1, -0.05) is 0 Å². The third-order valence-electron chi connectivity index (χ3n) is 3.62. The van der Waals surface area contributed by atoms with E-state index in [0.717, 1.165) is 23.2 Å². The lowest BCUT2D eigenvalue weighted by molar-refractivity contribution is -0.141. The van der Waals surface area contributed by atoms with Gasteiger partial charge in [0.1, 0.15) is 5.69 Å². The Morgan fingerprint density at radius 2 is 1.92 bits per heavy atom. The molecular weight excluding hydrogens is 321 g/mol. The quantitative estimate of drug-likeness (QED) is 0.748. The molecule has 0 aliphatic carbocycles. The Labute approximate surface area is 134 Å². The van der Waals surface area contributed by atoms with Gasteiger partial charge >= 0.3 is 6.18 Å². The Balaban J connectivity index is 1.86. The first kappa shape index (κ1) is 16.0. The van der Waals surface area contributed by atoms with Gasteiger partial charge in [-0.3, -0.25) is 9.89 Å². The second kappa shape index (κ2) is 5.63. The number of aromatic amines is 1. The predicted octanol–water partition coefficient (Wildman–Crippen LogP) is 3.85. The molecule has 0 atom stereocenters. The molecule has 0 fully saturated rings. The van der Waals surface area contributed by atoms with Crippen LogP contribution in [0.1, 0.15) is 27.4 Å². The zero-order chi connectivity index (χ0) is 17.5. The molecule has 2 N–H and O–H groups in total. The van der Waals surface area contributed by atoms with E-state index in [2.05, 4.69) is 20.5 Å². The summed E-state index contributed by atoms with van der Waals surface area (Å²) in [7, 11) is 0. The minimum absolute atomic E-state index is 0.0130. The van der Waals surface area contributed by atoms with E-state index in [1.807, 2.05) is 13.0 Å². The van der Waals surface area contributed by atoms with Crippen LogP contribution < -0.4 is 5.32 Å². The van der Waals surface area contributed by atoms with Crippen LogP contribution in [-0.4, -0.2) is 21.1 Å². The number of benzene rings is 1. The van der Waals surface area contributed by atoms with E-state index >= 15 is 0 Å². The maximum atomic E-state index is 12.6. The van der Waals surface area contributed by atoms with Gasteiger partial charge in [0.25, 0.3) is 5.91 Å². The number of aromatic nitrogens is 3. The fraction of sp³-hybridized carbons (Fsp3) is 0.188. The summed E-state index contributed by atoms with van der Waals surface area (Å²) in [6, 6.07) is 7.11. The number of fused-ring (bicyclic) bond motifs is 1. The summed E-state index contributed by atoms with van der Waals surface area (Å²) >= 11 is 0. The van der Waals surface area contributed by atoms with E-state index in [4.69, 9.17) is 0 Å². The van der Waals surface area contributed by atoms with E-state index < -0.39 is 17.8 Å². The third-order valence-corrected chi connectivity index (χ3v) is 3.62. The number of aryl methyl sites for hydroxylation is 2. The molecule has 0 radical (unpaired) electrons. The molecule has 0 saturated heterocycles. The molecule has 8 heteroatoms. The minimum atomic E-state index is -4.54. The van der Waals surface area contributed by atoms with Crippen LogP contribution in [0.3, 0.4) is 0 Å². The highest BCUT2D eigenvalue weighted by Crippen LogP contribution is 2.28. The molecule has 2 aromatic heterocycles. The van der Waals surface area contributed by atoms with Crippen LogP contribution >= 0.6 is 0 Å². The highest BCUT2D eigenvalue weighted by Gasteiger charge is 2.33. The van der Waals surface area contributed by atoms with Crippen molar-refractivity contribution >= 4 is 22.5 Å². The van der Waals surface area contributed by atoms with Crippen molar-refractivity contribution in [2.24, 2.45) is 0 Å². The van der Waals surface area contributed by atoms with Gasteiger partial charge in [0.2, 0.25) is 0 Å². The number of hydrogen-bond donors (Lipinski definition) is 2. The molecule has 0 saturated carbocycles. The SMILES string of the molecule is Cc1nc(C(F)(F)F)ccc1C(=O)Nc1ccc2c(C)[nH]nc2c1. The molecule has 124 valence electrons. The van der Waals surface area contributed by atoms with Gasteiger partial charge in [-0.15, -0.1) is 0 Å². The summed E-state index contributed by atoms with van der Waals surface area (Å²) in [5.41, 5.74) is 1.17. The third kappa shape index (κ3) is 2.94. The maximum absolute atomic E-state index is 12.6. The summed E-state index contributed by atoms with van der Waals surface area (Å²) in [5, 5.41) is 10.5. The summed E-state index contributed by atoms with van der Waals surface area (Å²) in [5.74, 6) is -0.527. The summed E-state index contributed by atoms with van der Waals surface area (Å²) in [6.45, 7) is 3.25. The number of carbonyl (C=O) groups is 1. The van der Waals surface area contributed by atoms with Crippen molar-refractivity contribution in [3.05, 3.63) is 53.0 Å². The van der Waals surface area contributed by atoms with Crippen LogP contribution in [-0.2, 0) is 6.18 Å². The topological polar surface area (TPSA) is 70.7 Å². The van der Waals surface area contributed by atoms with Gasteiger partial charge in [-0.05, 0) is 44.2 Å². The summed E-state index contributed by atoms with van der Waals surface area (Å²) < 4.78 is 37.9. The van der Waals surface area contributed by atoms with Crippen LogP contribution in [0.2, 0.25) is 0 Å². The maximum Gasteiger partial charge on any atom is 0.433 e. The molecule has 3 aromatic rings. The Morgan fingerprint density at radius 3 is 2.58 bits per heavy atom. The van der Waals surface area contributed by atoms with Gasteiger partial charge in [-0.25, -0.2) is 4.98 Å². The smallest absolute Gasteiger partial charge is 0.322 e. The lowest BCUT2D eigenvalue weighted by atomic mass is 10.1. The zero-order valence-corrected chi connectivity index (χ0v) is 12.8. The largest absolute Gasteiger partial charge is 0.433 e. The van der Waals surface area contributed by atoms with Crippen LogP contribution in [0.5, 0.6) is 0 Å². The highest BCUT2D eigenvalue weighted by molar-refractivity contribution is 6.05. The highest BCUT2D eigenvalue weighted by atomic mass is 19.4. The molecule has 0 aliphatic rings. The number of amides is 1. The first-order chi connectivity index (χ1) is 11.3. The normalized spacial score (nSPS) is 11.7. The van der Waals surface area contributed by atoms with Gasteiger partial charge in [0.15, 0.2) is 0 Å². The predicted molar refractivity (Wildman–Crippen MR) is 82.8 cm³/mol. The average molecular weight is 334 g/mol. The first-order valence-corrected chi connectivity index (χ1v) is 7.06. The lowest BCUT2D eigenvalue weighted by Crippen LogP contribution is -2.16. The fourth-order valence-electron chi connectivity index (χ4n) is 2.38. The number of H-pyrrole nitrogens is 1. The minimum Gasteiger partial charge on any atom is -0.322 e. The van der Waals surface area contributed by atoms with E-state index in [0.29, 0.717) is 11.2 Å². The van der Waals surface area contributed by atoms with Crippen LogP contribution in [0, 0.1) is 13.8 Å². The van der Waals surface area contributed by atoms with E-state index in [1.54, 1.807) is 12.1 Å². The van der Waals surface area contributed by atoms with Crippen LogP contribution in [0.4, 0.5) is 18.9 Å². The van der Waals surface area contributed by atoms with E-state index in [1.165, 1.54) is 6.92 Å². The number of alkyl halides is 3. The number of rotatable bonds is 2. The second-order valence-electron chi connectivity index (χ2n) is 5.36. The second-order valence-corrected chi connectivity index (χ2v) is 5.36. The van der Waals surface area contributed by atoms with E-state index in [9.17, 15) is 18.0 Å². The number of carbonyl (C=O) groups excluding carboxylic acids is 1. The van der Waals surface area contributed by atoms with Crippen molar-refractivity contribution in [3.63, 3.8) is 0 Å². The zero-order valence-electron chi connectivity index (χ0n) is 12.8. The van der Waals surface area contributed by atoms with Gasteiger partial charge < -0.3 is 5.32 Å². The Hall–Kier alpha value is -2.90. The molecule has 0 bridgehead atoms. The Bertz CT molecular complexity index is 931. The Kier molecular flexibility index (Phi) is 3.75. The van der Waals surface area contributed by atoms with Crippen molar-refractivity contribution in [2.45, 2.75) is 20.0 Å². The number of hydrogen-bond acceptors (Lipinski definition) is 3.